The second-order valence-electron chi connectivity index (χ2n) is 4.96. The highest BCUT2D eigenvalue weighted by molar-refractivity contribution is 5.80. The van der Waals surface area contributed by atoms with Gasteiger partial charge in [0, 0.05) is 25.4 Å². The highest BCUT2D eigenvalue weighted by Gasteiger charge is 2.19. The van der Waals surface area contributed by atoms with Gasteiger partial charge in [-0.05, 0) is 42.8 Å². The van der Waals surface area contributed by atoms with E-state index in [1.807, 2.05) is 6.92 Å². The molecule has 0 radical (unpaired) electrons. The van der Waals surface area contributed by atoms with Crippen molar-refractivity contribution in [3.63, 3.8) is 0 Å². The molecule has 0 saturated heterocycles. The van der Waals surface area contributed by atoms with E-state index >= 15 is 0 Å². The van der Waals surface area contributed by atoms with E-state index in [9.17, 15) is 0 Å². The number of hydrogen-bond acceptors (Lipinski definition) is 2. The van der Waals surface area contributed by atoms with E-state index < -0.39 is 0 Å². The Hall–Kier alpha value is -1.32. The van der Waals surface area contributed by atoms with Gasteiger partial charge in [0.05, 0.1) is 5.52 Å². The average Bonchev–Trinajstić information content (AvgIpc) is 3.14. The molecule has 96 valence electrons. The largest absolute Gasteiger partial charge is 0.361 e. The smallest absolute Gasteiger partial charge is 0.122 e. The molecular weight excluding hydrogens is 224 g/mol. The summed E-state index contributed by atoms with van der Waals surface area (Å²) in [5.41, 5.74) is 2.62. The zero-order valence-electron chi connectivity index (χ0n) is 10.9. The number of benzene rings is 1. The lowest BCUT2D eigenvalue weighted by molar-refractivity contribution is 0.0909. The molecule has 18 heavy (non-hydrogen) atoms. The first-order valence-electron chi connectivity index (χ1n) is 6.75. The monoisotopic (exact) mass is 244 g/mol. The van der Waals surface area contributed by atoms with Crippen molar-refractivity contribution < 1.29 is 4.74 Å². The van der Waals surface area contributed by atoms with Crippen LogP contribution in [0.2, 0.25) is 0 Å². The second-order valence-corrected chi connectivity index (χ2v) is 4.96. The number of hydrogen-bond donors (Lipinski definition) is 1. The first kappa shape index (κ1) is 11.8. The lowest BCUT2D eigenvalue weighted by Crippen LogP contribution is -2.15. The molecule has 3 rings (SSSR count). The minimum atomic E-state index is 0.638. The summed E-state index contributed by atoms with van der Waals surface area (Å²) in [6.07, 6.45) is 4.77. The Morgan fingerprint density at radius 3 is 3.00 bits per heavy atom. The second kappa shape index (κ2) is 5.12. The normalized spacial score (nSPS) is 15.4. The highest BCUT2D eigenvalue weighted by atomic mass is 16.5. The topological polar surface area (TPSA) is 26.2 Å². The Kier molecular flexibility index (Phi) is 3.35. The molecule has 3 nitrogen and oxygen atoms in total. The van der Waals surface area contributed by atoms with Crippen LogP contribution in [-0.4, -0.2) is 17.2 Å². The first-order valence-corrected chi connectivity index (χ1v) is 6.75. The van der Waals surface area contributed by atoms with Gasteiger partial charge in [-0.15, -0.1) is 0 Å². The Labute approximate surface area is 108 Å². The molecule has 2 aromatic rings. The van der Waals surface area contributed by atoms with Crippen LogP contribution in [0.4, 0.5) is 0 Å². The summed E-state index contributed by atoms with van der Waals surface area (Å²) in [4.78, 5) is 0. The van der Waals surface area contributed by atoms with Crippen molar-refractivity contribution >= 4 is 10.9 Å². The van der Waals surface area contributed by atoms with Gasteiger partial charge in [0.2, 0.25) is 0 Å². The molecule has 0 spiro atoms. The molecule has 1 fully saturated rings. The Morgan fingerprint density at radius 2 is 2.22 bits per heavy atom. The number of nitrogens with one attached hydrogen (secondary N) is 1. The summed E-state index contributed by atoms with van der Waals surface area (Å²) in [5, 5.41) is 4.83. The molecule has 1 aliphatic carbocycles. The number of ether oxygens (including phenoxy) is 1. The minimum absolute atomic E-state index is 0.638. The van der Waals surface area contributed by atoms with E-state index in [2.05, 4.69) is 40.3 Å². The van der Waals surface area contributed by atoms with Crippen LogP contribution in [0.25, 0.3) is 10.9 Å². The fourth-order valence-corrected chi connectivity index (χ4v) is 2.19. The highest BCUT2D eigenvalue weighted by Crippen LogP contribution is 2.21. The standard InChI is InChI=1S/C15H20N2O/c1-2-18-11-17-8-7-13-4-3-12(9-15(13)17)10-16-14-5-6-14/h3-4,7-9,14,16H,2,5-6,10-11H2,1H3. The van der Waals surface area contributed by atoms with Gasteiger partial charge in [-0.3, -0.25) is 0 Å². The van der Waals surface area contributed by atoms with Crippen molar-refractivity contribution in [3.05, 3.63) is 36.0 Å². The molecule has 1 N–H and O–H groups in total. The van der Waals surface area contributed by atoms with E-state index in [4.69, 9.17) is 4.74 Å². The predicted octanol–water partition coefficient (Wildman–Crippen LogP) is 2.89. The predicted molar refractivity (Wildman–Crippen MR) is 73.4 cm³/mol. The quantitative estimate of drug-likeness (QED) is 0.845. The van der Waals surface area contributed by atoms with Crippen LogP contribution in [0, 0.1) is 0 Å². The Bertz CT molecular complexity index is 528. The fourth-order valence-electron chi connectivity index (χ4n) is 2.19. The van der Waals surface area contributed by atoms with Gasteiger partial charge in [0.15, 0.2) is 0 Å². The summed E-state index contributed by atoms with van der Waals surface area (Å²) < 4.78 is 7.65. The molecule has 0 atom stereocenters. The van der Waals surface area contributed by atoms with Gasteiger partial charge in [0.1, 0.15) is 6.73 Å². The molecule has 1 saturated carbocycles. The summed E-state index contributed by atoms with van der Waals surface area (Å²) in [7, 11) is 0. The molecule has 0 amide bonds. The maximum absolute atomic E-state index is 5.48. The average molecular weight is 244 g/mol. The third-order valence-electron chi connectivity index (χ3n) is 3.45. The molecule has 0 aliphatic heterocycles. The van der Waals surface area contributed by atoms with Crippen LogP contribution >= 0.6 is 0 Å². The zero-order valence-corrected chi connectivity index (χ0v) is 10.9. The summed E-state index contributed by atoms with van der Waals surface area (Å²) in [6.45, 7) is 4.39. The van der Waals surface area contributed by atoms with Crippen LogP contribution in [-0.2, 0) is 18.0 Å². The fraction of sp³-hybridized carbons (Fsp3) is 0.467. The van der Waals surface area contributed by atoms with Gasteiger partial charge < -0.3 is 14.6 Å². The molecule has 1 aromatic carbocycles. The van der Waals surface area contributed by atoms with Crippen molar-refractivity contribution in [2.75, 3.05) is 6.61 Å². The number of nitrogens with zero attached hydrogens (tertiary/aromatic N) is 1. The first-order chi connectivity index (χ1) is 8.86. The summed E-state index contributed by atoms with van der Waals surface area (Å²) in [6, 6.07) is 9.58. The van der Waals surface area contributed by atoms with Crippen molar-refractivity contribution in [3.8, 4) is 0 Å². The van der Waals surface area contributed by atoms with E-state index in [-0.39, 0.29) is 0 Å². The number of aromatic nitrogens is 1. The van der Waals surface area contributed by atoms with Crippen molar-refractivity contribution in [2.45, 2.75) is 39.1 Å². The van der Waals surface area contributed by atoms with Gasteiger partial charge in [-0.2, -0.15) is 0 Å². The van der Waals surface area contributed by atoms with Crippen LogP contribution in [0.5, 0.6) is 0 Å². The van der Waals surface area contributed by atoms with Gasteiger partial charge >= 0.3 is 0 Å². The lowest BCUT2D eigenvalue weighted by Gasteiger charge is -2.07. The molecule has 3 heteroatoms. The third kappa shape index (κ3) is 2.57. The molecule has 0 bridgehead atoms. The van der Waals surface area contributed by atoms with Gasteiger partial charge in [0.25, 0.3) is 0 Å². The maximum Gasteiger partial charge on any atom is 0.122 e. The van der Waals surface area contributed by atoms with E-state index in [1.165, 1.54) is 29.3 Å². The minimum Gasteiger partial charge on any atom is -0.361 e. The van der Waals surface area contributed by atoms with Crippen LogP contribution in [0.15, 0.2) is 30.5 Å². The molecule has 0 unspecified atom stereocenters. The van der Waals surface area contributed by atoms with Crippen LogP contribution < -0.4 is 5.32 Å². The lowest BCUT2D eigenvalue weighted by atomic mass is 10.1. The molecule has 1 heterocycles. The number of fused-ring (bicyclic) bond motifs is 1. The Morgan fingerprint density at radius 1 is 1.33 bits per heavy atom. The molecule has 1 aromatic heterocycles. The maximum atomic E-state index is 5.48. The van der Waals surface area contributed by atoms with Crippen molar-refractivity contribution in [1.82, 2.24) is 9.88 Å². The SMILES string of the molecule is CCOCn1ccc2ccc(CNC3CC3)cc21. The number of rotatable bonds is 6. The van der Waals surface area contributed by atoms with Gasteiger partial charge in [-0.25, -0.2) is 0 Å². The molecular formula is C15H20N2O. The van der Waals surface area contributed by atoms with Crippen LogP contribution in [0.3, 0.4) is 0 Å². The summed E-state index contributed by atoms with van der Waals surface area (Å²) >= 11 is 0. The van der Waals surface area contributed by atoms with Crippen LogP contribution in [0.1, 0.15) is 25.3 Å². The molecule has 1 aliphatic rings. The van der Waals surface area contributed by atoms with E-state index in [0.717, 1.165) is 19.2 Å². The third-order valence-corrected chi connectivity index (χ3v) is 3.45. The Balaban J connectivity index is 1.78. The summed E-state index contributed by atoms with van der Waals surface area (Å²) in [5.74, 6) is 0. The van der Waals surface area contributed by atoms with E-state index in [1.54, 1.807) is 0 Å². The van der Waals surface area contributed by atoms with Gasteiger partial charge in [-0.1, -0.05) is 12.1 Å². The van der Waals surface area contributed by atoms with Crippen molar-refractivity contribution in [2.24, 2.45) is 0 Å². The van der Waals surface area contributed by atoms with Crippen molar-refractivity contribution in [1.29, 1.82) is 0 Å². The van der Waals surface area contributed by atoms with E-state index in [0.29, 0.717) is 6.73 Å². The zero-order chi connectivity index (χ0) is 12.4.